The van der Waals surface area contributed by atoms with Gasteiger partial charge in [-0.2, -0.15) is 0 Å². The lowest BCUT2D eigenvalue weighted by Crippen LogP contribution is -2.19. The van der Waals surface area contributed by atoms with Crippen LogP contribution in [0, 0.1) is 0 Å². The van der Waals surface area contributed by atoms with E-state index >= 15 is 0 Å². The molecule has 4 nitrogen and oxygen atoms in total. The maximum Gasteiger partial charge on any atom is 0.176 e. The second-order valence-electron chi connectivity index (χ2n) is 6.85. The van der Waals surface area contributed by atoms with Gasteiger partial charge in [0.05, 0.1) is 5.02 Å². The van der Waals surface area contributed by atoms with Gasteiger partial charge in [0, 0.05) is 0 Å². The first kappa shape index (κ1) is 21.5. The summed E-state index contributed by atoms with van der Waals surface area (Å²) >= 11 is 5.86. The Morgan fingerprint density at radius 3 is 1.89 bits per heavy atom. The Hall–Kier alpha value is -1.75. The van der Waals surface area contributed by atoms with Gasteiger partial charge in [0.15, 0.2) is 11.5 Å². The zero-order valence-corrected chi connectivity index (χ0v) is 16.6. The van der Waals surface area contributed by atoms with E-state index in [1.54, 1.807) is 12.1 Å². The summed E-state index contributed by atoms with van der Waals surface area (Å²) in [6, 6.07) is 13.8. The average molecular weight is 391 g/mol. The summed E-state index contributed by atoms with van der Waals surface area (Å²) in [5.74, 6) is -0.405. The van der Waals surface area contributed by atoms with Crippen LogP contribution in [-0.4, -0.2) is 36.4 Å². The first-order valence-corrected chi connectivity index (χ1v) is 10.2. The van der Waals surface area contributed by atoms with Crippen LogP contribution in [0.25, 0.3) is 0 Å². The van der Waals surface area contributed by atoms with E-state index in [4.69, 9.17) is 11.6 Å². The minimum atomic E-state index is -0.247. The number of rotatable bonds is 13. The predicted octanol–water partition coefficient (Wildman–Crippen LogP) is 4.28. The van der Waals surface area contributed by atoms with Gasteiger partial charge in [-0.15, -0.1) is 0 Å². The van der Waals surface area contributed by atoms with Crippen molar-refractivity contribution in [3.8, 4) is 11.5 Å². The minimum absolute atomic E-state index is 0.158. The first-order valence-electron chi connectivity index (χ1n) is 9.82. The van der Waals surface area contributed by atoms with Crippen molar-refractivity contribution < 1.29 is 10.2 Å². The second-order valence-corrected chi connectivity index (χ2v) is 7.25. The van der Waals surface area contributed by atoms with Gasteiger partial charge >= 0.3 is 0 Å². The summed E-state index contributed by atoms with van der Waals surface area (Å²) in [4.78, 5) is 0. The molecule has 27 heavy (non-hydrogen) atoms. The molecule has 4 N–H and O–H groups in total. The van der Waals surface area contributed by atoms with E-state index in [2.05, 4.69) is 41.0 Å². The maximum atomic E-state index is 9.56. The molecule has 0 spiro atoms. The predicted molar refractivity (Wildman–Crippen MR) is 113 cm³/mol. The van der Waals surface area contributed by atoms with Crippen molar-refractivity contribution in [2.24, 2.45) is 0 Å². The fourth-order valence-electron chi connectivity index (χ4n) is 3.00. The maximum absolute atomic E-state index is 9.56. The quantitative estimate of drug-likeness (QED) is 0.304. The molecule has 2 aromatic rings. The zero-order valence-electron chi connectivity index (χ0n) is 15.9. The van der Waals surface area contributed by atoms with Crippen molar-refractivity contribution in [1.82, 2.24) is 10.6 Å². The van der Waals surface area contributed by atoms with Gasteiger partial charge in [-0.05, 0) is 75.1 Å². The minimum Gasteiger partial charge on any atom is -0.504 e. The van der Waals surface area contributed by atoms with E-state index in [0.717, 1.165) is 44.6 Å². The summed E-state index contributed by atoms with van der Waals surface area (Å²) in [7, 11) is 0. The molecule has 0 saturated heterocycles. The molecule has 148 valence electrons. The molecule has 0 fully saturated rings. The van der Waals surface area contributed by atoms with E-state index < -0.39 is 0 Å². The molecule has 0 aliphatic carbocycles. The van der Waals surface area contributed by atoms with E-state index in [1.807, 2.05) is 0 Å². The molecule has 0 radical (unpaired) electrons. The van der Waals surface area contributed by atoms with Crippen molar-refractivity contribution in [3.63, 3.8) is 0 Å². The molecule has 2 aromatic carbocycles. The Labute approximate surface area is 167 Å². The fraction of sp³-hybridized carbons (Fsp3) is 0.455. The largest absolute Gasteiger partial charge is 0.504 e. The smallest absolute Gasteiger partial charge is 0.176 e. The van der Waals surface area contributed by atoms with Crippen molar-refractivity contribution >= 4 is 11.6 Å². The summed E-state index contributed by atoms with van der Waals surface area (Å²) in [5, 5.41) is 26.1. The highest BCUT2D eigenvalue weighted by Crippen LogP contribution is 2.33. The molecule has 0 atom stereocenters. The Morgan fingerprint density at radius 2 is 1.30 bits per heavy atom. The second kappa shape index (κ2) is 12.6. The van der Waals surface area contributed by atoms with E-state index in [-0.39, 0.29) is 16.5 Å². The monoisotopic (exact) mass is 390 g/mol. The van der Waals surface area contributed by atoms with E-state index in [1.165, 1.54) is 31.2 Å². The molecule has 0 heterocycles. The molecule has 0 unspecified atom stereocenters. The van der Waals surface area contributed by atoms with Gasteiger partial charge < -0.3 is 20.8 Å². The molecule has 2 rings (SSSR count). The van der Waals surface area contributed by atoms with Crippen molar-refractivity contribution in [3.05, 3.63) is 58.6 Å². The Balaban J connectivity index is 1.39. The highest BCUT2D eigenvalue weighted by molar-refractivity contribution is 6.32. The number of nitrogens with one attached hydrogen (secondary N) is 2. The number of hydrogen-bond acceptors (Lipinski definition) is 4. The Kier molecular flexibility index (Phi) is 10.1. The number of unbranched alkanes of at least 4 members (excludes halogenated alkanes) is 3. The highest BCUT2D eigenvalue weighted by atomic mass is 35.5. The molecule has 0 amide bonds. The summed E-state index contributed by atoms with van der Waals surface area (Å²) in [5.41, 5.74) is 2.31. The summed E-state index contributed by atoms with van der Waals surface area (Å²) in [6.45, 7) is 3.97. The third-order valence-corrected chi connectivity index (χ3v) is 4.87. The zero-order chi connectivity index (χ0) is 19.3. The average Bonchev–Trinajstić information content (AvgIpc) is 2.67. The van der Waals surface area contributed by atoms with Gasteiger partial charge in [-0.25, -0.2) is 0 Å². The van der Waals surface area contributed by atoms with Gasteiger partial charge in [0.2, 0.25) is 0 Å². The lowest BCUT2D eigenvalue weighted by molar-refractivity contribution is 0.403. The van der Waals surface area contributed by atoms with E-state index in [0.29, 0.717) is 0 Å². The summed E-state index contributed by atoms with van der Waals surface area (Å²) < 4.78 is 0. The highest BCUT2D eigenvalue weighted by Gasteiger charge is 2.06. The van der Waals surface area contributed by atoms with Crippen molar-refractivity contribution in [2.45, 2.75) is 38.5 Å². The molecule has 0 aliphatic rings. The topological polar surface area (TPSA) is 64.5 Å². The summed E-state index contributed by atoms with van der Waals surface area (Å²) in [6.07, 6.45) is 6.75. The van der Waals surface area contributed by atoms with Crippen LogP contribution >= 0.6 is 11.6 Å². The van der Waals surface area contributed by atoms with Gasteiger partial charge in [0.1, 0.15) is 0 Å². The van der Waals surface area contributed by atoms with Gasteiger partial charge in [0.25, 0.3) is 0 Å². The standard InChI is InChI=1S/C22H31ClN2O2/c23-20-16-19(17-21(26)22(20)27)11-15-25-13-7-2-1-6-12-24-14-10-18-8-4-3-5-9-18/h3-5,8-9,16-17,24-27H,1-2,6-7,10-15H2. The van der Waals surface area contributed by atoms with Crippen LogP contribution in [0.2, 0.25) is 5.02 Å². The van der Waals surface area contributed by atoms with Crippen LogP contribution in [0.3, 0.4) is 0 Å². The van der Waals surface area contributed by atoms with Crippen LogP contribution in [0.1, 0.15) is 36.8 Å². The number of aromatic hydroxyl groups is 2. The number of phenols is 2. The molecular weight excluding hydrogens is 360 g/mol. The third kappa shape index (κ3) is 8.65. The molecule has 0 aromatic heterocycles. The number of phenolic OH excluding ortho intramolecular Hbond substituents is 2. The first-order chi connectivity index (χ1) is 13.2. The normalized spacial score (nSPS) is 11.0. The number of benzene rings is 2. The van der Waals surface area contributed by atoms with Crippen LogP contribution in [0.4, 0.5) is 0 Å². The van der Waals surface area contributed by atoms with Crippen LogP contribution in [0.5, 0.6) is 11.5 Å². The third-order valence-electron chi connectivity index (χ3n) is 4.58. The van der Waals surface area contributed by atoms with E-state index in [9.17, 15) is 10.2 Å². The Morgan fingerprint density at radius 1 is 0.704 bits per heavy atom. The molecular formula is C22H31ClN2O2. The van der Waals surface area contributed by atoms with Crippen LogP contribution in [0.15, 0.2) is 42.5 Å². The van der Waals surface area contributed by atoms with Gasteiger partial charge in [-0.3, -0.25) is 0 Å². The molecule has 0 bridgehead atoms. The van der Waals surface area contributed by atoms with Crippen LogP contribution in [-0.2, 0) is 12.8 Å². The molecule has 0 aliphatic heterocycles. The molecule has 5 heteroatoms. The van der Waals surface area contributed by atoms with Gasteiger partial charge in [-0.1, -0.05) is 54.8 Å². The lowest BCUT2D eigenvalue weighted by Gasteiger charge is -2.08. The molecule has 0 saturated carbocycles. The fourth-order valence-corrected chi connectivity index (χ4v) is 3.23. The SMILES string of the molecule is Oc1cc(CCNCCCCCCNCCc2ccccc2)cc(Cl)c1O. The lowest BCUT2D eigenvalue weighted by atomic mass is 10.1. The van der Waals surface area contributed by atoms with Crippen molar-refractivity contribution in [2.75, 3.05) is 26.2 Å². The number of hydrogen-bond donors (Lipinski definition) is 4. The number of halogens is 1. The van der Waals surface area contributed by atoms with Crippen molar-refractivity contribution in [1.29, 1.82) is 0 Å². The van der Waals surface area contributed by atoms with Crippen LogP contribution < -0.4 is 10.6 Å². The Bertz CT molecular complexity index is 642.